The smallest absolute Gasteiger partial charge is 0.319 e. The molecule has 2 amide bonds. The molecule has 124 valence electrons. The van der Waals surface area contributed by atoms with Crippen molar-refractivity contribution >= 4 is 17.8 Å². The molecule has 1 fully saturated rings. The van der Waals surface area contributed by atoms with Crippen LogP contribution in [-0.4, -0.2) is 40.9 Å². The first-order valence-electron chi connectivity index (χ1n) is 7.43. The second-order valence-electron chi connectivity index (χ2n) is 5.61. The third-order valence-electron chi connectivity index (χ3n) is 3.98. The number of halogens is 1. The van der Waals surface area contributed by atoms with Gasteiger partial charge in [-0.15, -0.1) is 0 Å². The fraction of sp³-hybridized carbons (Fsp3) is 0.438. The first-order valence-corrected chi connectivity index (χ1v) is 7.43. The van der Waals surface area contributed by atoms with Crippen LogP contribution in [0.3, 0.4) is 0 Å². The lowest BCUT2D eigenvalue weighted by atomic mass is 10.1. The number of rotatable bonds is 7. The number of nitrogens with zero attached hydrogens (tertiary/aromatic N) is 1. The van der Waals surface area contributed by atoms with Crippen LogP contribution in [0.1, 0.15) is 25.3 Å². The fourth-order valence-electron chi connectivity index (χ4n) is 2.31. The van der Waals surface area contributed by atoms with Crippen molar-refractivity contribution in [3.63, 3.8) is 0 Å². The molecule has 7 heteroatoms. The van der Waals surface area contributed by atoms with Crippen molar-refractivity contribution in [1.29, 1.82) is 0 Å². The third kappa shape index (κ3) is 3.85. The van der Waals surface area contributed by atoms with Crippen molar-refractivity contribution in [3.05, 3.63) is 35.6 Å². The lowest BCUT2D eigenvalue weighted by Gasteiger charge is -2.23. The zero-order valence-electron chi connectivity index (χ0n) is 12.8. The molecule has 0 unspecified atom stereocenters. The van der Waals surface area contributed by atoms with E-state index >= 15 is 0 Å². The Bertz CT molecular complexity index is 611. The zero-order chi connectivity index (χ0) is 17.0. The topological polar surface area (TPSA) is 86.7 Å². The number of carboxylic acid groups (broad SMARTS) is 1. The molecule has 0 radical (unpaired) electrons. The van der Waals surface area contributed by atoms with Crippen molar-refractivity contribution < 1.29 is 23.9 Å². The molecule has 0 bridgehead atoms. The molecule has 1 aromatic carbocycles. The van der Waals surface area contributed by atoms with Crippen LogP contribution in [0, 0.1) is 11.2 Å². The van der Waals surface area contributed by atoms with Gasteiger partial charge in [-0.25, -0.2) is 4.39 Å². The number of carboxylic acids is 1. The molecular weight excluding hydrogens is 303 g/mol. The van der Waals surface area contributed by atoms with Crippen LogP contribution in [0.4, 0.5) is 4.39 Å². The van der Waals surface area contributed by atoms with Crippen LogP contribution in [-0.2, 0) is 20.9 Å². The number of carbonyl (C=O) groups excluding carboxylic acids is 2. The van der Waals surface area contributed by atoms with E-state index in [0.717, 1.165) is 5.56 Å². The Morgan fingerprint density at radius 3 is 2.35 bits per heavy atom. The Balaban J connectivity index is 1.88. The minimum atomic E-state index is -1.34. The van der Waals surface area contributed by atoms with E-state index in [2.05, 4.69) is 5.32 Å². The maximum atomic E-state index is 12.8. The summed E-state index contributed by atoms with van der Waals surface area (Å²) in [5, 5.41) is 11.8. The minimum Gasteiger partial charge on any atom is -0.480 e. The van der Waals surface area contributed by atoms with Crippen molar-refractivity contribution in [2.24, 2.45) is 5.41 Å². The number of carbonyl (C=O) groups is 3. The Labute approximate surface area is 133 Å². The number of nitrogens with one attached hydrogen (secondary N) is 1. The third-order valence-corrected chi connectivity index (χ3v) is 3.98. The molecule has 0 aliphatic heterocycles. The van der Waals surface area contributed by atoms with Crippen molar-refractivity contribution in [2.45, 2.75) is 26.3 Å². The monoisotopic (exact) mass is 322 g/mol. The highest BCUT2D eigenvalue weighted by atomic mass is 19.1. The number of hydrogen-bond acceptors (Lipinski definition) is 3. The van der Waals surface area contributed by atoms with Crippen LogP contribution in [0.15, 0.2) is 24.3 Å². The van der Waals surface area contributed by atoms with Gasteiger partial charge in [0.15, 0.2) is 0 Å². The molecule has 1 aliphatic carbocycles. The van der Waals surface area contributed by atoms with Gasteiger partial charge < -0.3 is 15.3 Å². The number of amides is 2. The van der Waals surface area contributed by atoms with Gasteiger partial charge in [-0.2, -0.15) is 0 Å². The van der Waals surface area contributed by atoms with Gasteiger partial charge in [0.1, 0.15) is 11.2 Å². The predicted octanol–water partition coefficient (Wildman–Crippen LogP) is 1.16. The van der Waals surface area contributed by atoms with Crippen LogP contribution in [0.25, 0.3) is 0 Å². The quantitative estimate of drug-likeness (QED) is 0.738. The summed E-state index contributed by atoms with van der Waals surface area (Å²) in [6.07, 6.45) is 0.629. The van der Waals surface area contributed by atoms with Gasteiger partial charge in [-0.3, -0.25) is 14.4 Å². The first kappa shape index (κ1) is 16.9. The Kier molecular flexibility index (Phi) is 4.98. The molecule has 0 heterocycles. The van der Waals surface area contributed by atoms with E-state index in [1.165, 1.54) is 17.0 Å². The fourth-order valence-corrected chi connectivity index (χ4v) is 2.31. The summed E-state index contributed by atoms with van der Waals surface area (Å²) in [6.45, 7) is 1.99. The molecule has 6 nitrogen and oxygen atoms in total. The van der Waals surface area contributed by atoms with Gasteiger partial charge in [0.2, 0.25) is 11.8 Å². The molecule has 2 N–H and O–H groups in total. The lowest BCUT2D eigenvalue weighted by Crippen LogP contribution is -2.45. The van der Waals surface area contributed by atoms with E-state index in [1.54, 1.807) is 19.1 Å². The van der Waals surface area contributed by atoms with E-state index in [4.69, 9.17) is 5.11 Å². The Hall–Kier alpha value is -2.44. The standard InChI is InChI=1S/C16H19FN2O4/c1-2-19(14(21)16(7-8-16)15(22)23)10-13(20)18-9-11-3-5-12(17)6-4-11/h3-6H,2,7-10H2,1H3,(H,18,20)(H,22,23). The van der Waals surface area contributed by atoms with Gasteiger partial charge in [0, 0.05) is 13.1 Å². The molecule has 23 heavy (non-hydrogen) atoms. The average Bonchev–Trinajstić information content (AvgIpc) is 3.33. The lowest BCUT2D eigenvalue weighted by molar-refractivity contribution is -0.154. The summed E-state index contributed by atoms with van der Waals surface area (Å²) in [7, 11) is 0. The molecule has 0 aromatic heterocycles. The summed E-state index contributed by atoms with van der Waals surface area (Å²) >= 11 is 0. The van der Waals surface area contributed by atoms with E-state index in [1.807, 2.05) is 0 Å². The number of likely N-dealkylation sites (N-methyl/N-ethyl adjacent to an activating group) is 1. The number of benzene rings is 1. The molecule has 1 aliphatic rings. The second kappa shape index (κ2) is 6.76. The average molecular weight is 322 g/mol. The van der Waals surface area contributed by atoms with Gasteiger partial charge >= 0.3 is 5.97 Å². The SMILES string of the molecule is CCN(CC(=O)NCc1ccc(F)cc1)C(=O)C1(C(=O)O)CC1. The highest BCUT2D eigenvalue weighted by molar-refractivity contribution is 6.05. The summed E-state index contributed by atoms with van der Waals surface area (Å²) in [6, 6.07) is 5.71. The molecule has 0 saturated heterocycles. The van der Waals surface area contributed by atoms with Gasteiger partial charge in [0.05, 0.1) is 6.54 Å². The highest BCUT2D eigenvalue weighted by Crippen LogP contribution is 2.47. The van der Waals surface area contributed by atoms with Crippen molar-refractivity contribution in [1.82, 2.24) is 10.2 Å². The normalized spacial score (nSPS) is 14.9. The van der Waals surface area contributed by atoms with E-state index in [-0.39, 0.29) is 31.4 Å². The van der Waals surface area contributed by atoms with Crippen LogP contribution in [0.2, 0.25) is 0 Å². The van der Waals surface area contributed by atoms with Crippen molar-refractivity contribution in [3.8, 4) is 0 Å². The zero-order valence-corrected chi connectivity index (χ0v) is 12.8. The number of hydrogen-bond donors (Lipinski definition) is 2. The maximum Gasteiger partial charge on any atom is 0.319 e. The van der Waals surface area contributed by atoms with Crippen LogP contribution in [0.5, 0.6) is 0 Å². The van der Waals surface area contributed by atoms with Gasteiger partial charge in [-0.05, 0) is 37.5 Å². The summed E-state index contributed by atoms with van der Waals surface area (Å²) in [4.78, 5) is 36.7. The predicted molar refractivity (Wildman–Crippen MR) is 79.8 cm³/mol. The molecular formula is C16H19FN2O4. The summed E-state index contributed by atoms with van der Waals surface area (Å²) in [5.41, 5.74) is -0.605. The molecule has 1 aromatic rings. The first-order chi connectivity index (χ1) is 10.9. The Morgan fingerprint density at radius 1 is 1.26 bits per heavy atom. The summed E-state index contributed by atoms with van der Waals surface area (Å²) < 4.78 is 12.8. The van der Waals surface area contributed by atoms with Crippen LogP contribution < -0.4 is 5.32 Å². The van der Waals surface area contributed by atoms with E-state index < -0.39 is 17.3 Å². The molecule has 0 spiro atoms. The van der Waals surface area contributed by atoms with E-state index in [9.17, 15) is 18.8 Å². The molecule has 0 atom stereocenters. The number of aliphatic carboxylic acids is 1. The minimum absolute atomic E-state index is 0.189. The van der Waals surface area contributed by atoms with Gasteiger partial charge in [0.25, 0.3) is 0 Å². The highest BCUT2D eigenvalue weighted by Gasteiger charge is 2.58. The second-order valence-corrected chi connectivity index (χ2v) is 5.61. The maximum absolute atomic E-state index is 12.8. The molecule has 1 saturated carbocycles. The van der Waals surface area contributed by atoms with Crippen LogP contribution >= 0.6 is 0 Å². The largest absolute Gasteiger partial charge is 0.480 e. The molecule has 2 rings (SSSR count). The summed E-state index contributed by atoms with van der Waals surface area (Å²) in [5.74, 6) is -2.38. The Morgan fingerprint density at radius 2 is 1.87 bits per heavy atom. The van der Waals surface area contributed by atoms with Gasteiger partial charge in [-0.1, -0.05) is 12.1 Å². The van der Waals surface area contributed by atoms with Crippen molar-refractivity contribution in [2.75, 3.05) is 13.1 Å². The van der Waals surface area contributed by atoms with E-state index in [0.29, 0.717) is 12.8 Å².